The van der Waals surface area contributed by atoms with Crippen molar-refractivity contribution < 1.29 is 19.0 Å². The predicted octanol–water partition coefficient (Wildman–Crippen LogP) is 2.85. The minimum Gasteiger partial charge on any atom is -0.493 e. The van der Waals surface area contributed by atoms with Crippen LogP contribution in [0.2, 0.25) is 0 Å². The zero-order valence-corrected chi connectivity index (χ0v) is 16.1. The van der Waals surface area contributed by atoms with Gasteiger partial charge in [0.15, 0.2) is 17.1 Å². The van der Waals surface area contributed by atoms with E-state index in [1.54, 1.807) is 18.3 Å². The Kier molecular flexibility index (Phi) is 4.73. The maximum Gasteiger partial charge on any atom is 0.254 e. The number of rotatable bonds is 4. The van der Waals surface area contributed by atoms with Crippen LogP contribution in [0.15, 0.2) is 36.5 Å². The molecule has 0 unspecified atom stereocenters. The summed E-state index contributed by atoms with van der Waals surface area (Å²) in [4.78, 5) is 23.9. The van der Waals surface area contributed by atoms with Crippen molar-refractivity contribution in [2.75, 3.05) is 27.9 Å². The number of pyridine rings is 2. The molecule has 2 aromatic heterocycles. The lowest BCUT2D eigenvalue weighted by molar-refractivity contribution is 0.0733. The largest absolute Gasteiger partial charge is 0.493 e. The van der Waals surface area contributed by atoms with Crippen molar-refractivity contribution in [1.29, 1.82) is 0 Å². The molecule has 0 aliphatic carbocycles. The summed E-state index contributed by atoms with van der Waals surface area (Å²) in [5.74, 6) is 1.30. The molecular formula is C21H21N3O4. The molecule has 0 atom stereocenters. The van der Waals surface area contributed by atoms with E-state index in [-0.39, 0.29) is 5.91 Å². The fraction of sp³-hybridized carbons (Fsp3) is 0.286. The molecular weight excluding hydrogens is 358 g/mol. The molecule has 0 spiro atoms. The van der Waals surface area contributed by atoms with Crippen LogP contribution in [0.5, 0.6) is 17.2 Å². The molecule has 1 aliphatic heterocycles. The zero-order valence-electron chi connectivity index (χ0n) is 16.1. The molecule has 0 saturated heterocycles. The van der Waals surface area contributed by atoms with Gasteiger partial charge >= 0.3 is 0 Å². The molecule has 0 radical (unpaired) electrons. The molecule has 1 amide bonds. The highest BCUT2D eigenvalue weighted by molar-refractivity contribution is 5.96. The van der Waals surface area contributed by atoms with Gasteiger partial charge in [-0.3, -0.25) is 4.79 Å². The third-order valence-corrected chi connectivity index (χ3v) is 4.94. The summed E-state index contributed by atoms with van der Waals surface area (Å²) in [7, 11) is 4.61. The van der Waals surface area contributed by atoms with Gasteiger partial charge in [0.2, 0.25) is 5.75 Å². The molecule has 144 valence electrons. The van der Waals surface area contributed by atoms with E-state index >= 15 is 0 Å². The number of amides is 1. The van der Waals surface area contributed by atoms with Gasteiger partial charge in [-0.05, 0) is 35.9 Å². The zero-order chi connectivity index (χ0) is 19.7. The molecule has 4 rings (SSSR count). The first kappa shape index (κ1) is 18.0. The van der Waals surface area contributed by atoms with Gasteiger partial charge in [0.05, 0.1) is 21.3 Å². The van der Waals surface area contributed by atoms with Crippen molar-refractivity contribution in [2.24, 2.45) is 0 Å². The van der Waals surface area contributed by atoms with E-state index in [4.69, 9.17) is 14.2 Å². The van der Waals surface area contributed by atoms with E-state index in [1.165, 1.54) is 21.3 Å². The van der Waals surface area contributed by atoms with Crippen LogP contribution in [0.1, 0.15) is 21.6 Å². The molecule has 0 N–H and O–H groups in total. The van der Waals surface area contributed by atoms with Crippen LogP contribution < -0.4 is 14.2 Å². The van der Waals surface area contributed by atoms with Gasteiger partial charge in [-0.25, -0.2) is 9.97 Å². The Balaban J connectivity index is 1.65. The number of benzene rings is 1. The van der Waals surface area contributed by atoms with Gasteiger partial charge < -0.3 is 19.1 Å². The second-order valence-corrected chi connectivity index (χ2v) is 6.54. The third-order valence-electron chi connectivity index (χ3n) is 4.94. The molecule has 0 fully saturated rings. The van der Waals surface area contributed by atoms with Crippen LogP contribution in [0.25, 0.3) is 11.0 Å². The maximum absolute atomic E-state index is 13.2. The second-order valence-electron chi connectivity index (χ2n) is 6.54. The molecule has 28 heavy (non-hydrogen) atoms. The lowest BCUT2D eigenvalue weighted by Gasteiger charge is -2.29. The van der Waals surface area contributed by atoms with E-state index in [0.717, 1.165) is 22.3 Å². The Bertz CT molecular complexity index is 1030. The number of fused-ring (bicyclic) bond motifs is 2. The molecule has 1 aliphatic rings. The molecule has 7 nitrogen and oxygen atoms in total. The standard InChI is InChI=1S/C21H21N3O4/c1-26-17-10-14(11-18(27-2)19(17)28-3)21(25)24-8-6-16-15(12-24)9-13-5-4-7-22-20(13)23-16/h4-5,7,9-11H,6,8,12H2,1-3H3. The summed E-state index contributed by atoms with van der Waals surface area (Å²) in [6.45, 7) is 1.09. The first-order chi connectivity index (χ1) is 13.6. The fourth-order valence-electron chi connectivity index (χ4n) is 3.53. The van der Waals surface area contributed by atoms with Crippen LogP contribution >= 0.6 is 0 Å². The summed E-state index contributed by atoms with van der Waals surface area (Å²) in [5, 5.41) is 0.975. The molecule has 0 saturated carbocycles. The van der Waals surface area contributed by atoms with E-state index in [2.05, 4.69) is 16.0 Å². The number of ether oxygens (including phenoxy) is 3. The topological polar surface area (TPSA) is 73.8 Å². The quantitative estimate of drug-likeness (QED) is 0.694. The van der Waals surface area contributed by atoms with E-state index < -0.39 is 0 Å². The van der Waals surface area contributed by atoms with Crippen molar-refractivity contribution in [3.05, 3.63) is 53.3 Å². The summed E-state index contributed by atoms with van der Waals surface area (Å²) in [6, 6.07) is 9.30. The van der Waals surface area contributed by atoms with Gasteiger partial charge in [-0.15, -0.1) is 0 Å². The highest BCUT2D eigenvalue weighted by Crippen LogP contribution is 2.38. The number of nitrogens with zero attached hydrogens (tertiary/aromatic N) is 3. The Hall–Kier alpha value is -3.35. The highest BCUT2D eigenvalue weighted by Gasteiger charge is 2.25. The lowest BCUT2D eigenvalue weighted by Crippen LogP contribution is -2.36. The lowest BCUT2D eigenvalue weighted by atomic mass is 10.0. The second kappa shape index (κ2) is 7.34. The number of carbonyl (C=O) groups is 1. The number of methoxy groups -OCH3 is 3. The summed E-state index contributed by atoms with van der Waals surface area (Å²) in [5.41, 5.74) is 3.28. The van der Waals surface area contributed by atoms with Crippen LogP contribution in [0.3, 0.4) is 0 Å². The van der Waals surface area contributed by atoms with Gasteiger partial charge in [-0.1, -0.05) is 0 Å². The predicted molar refractivity (Wildman–Crippen MR) is 104 cm³/mol. The van der Waals surface area contributed by atoms with Crippen LogP contribution in [0, 0.1) is 0 Å². The smallest absolute Gasteiger partial charge is 0.254 e. The molecule has 3 heterocycles. The maximum atomic E-state index is 13.2. The molecule has 3 aromatic rings. The molecule has 1 aromatic carbocycles. The summed E-state index contributed by atoms with van der Waals surface area (Å²) in [6.07, 6.45) is 2.43. The Morgan fingerprint density at radius 3 is 2.50 bits per heavy atom. The van der Waals surface area contributed by atoms with Gasteiger partial charge in [-0.2, -0.15) is 0 Å². The van der Waals surface area contributed by atoms with Crippen molar-refractivity contribution in [3.63, 3.8) is 0 Å². The number of carbonyl (C=O) groups excluding carboxylic acids is 1. The first-order valence-corrected chi connectivity index (χ1v) is 8.97. The summed E-state index contributed by atoms with van der Waals surface area (Å²) >= 11 is 0. The minimum absolute atomic E-state index is 0.0869. The SMILES string of the molecule is COc1cc(C(=O)N2CCc3nc4ncccc4cc3C2)cc(OC)c1OC. The third kappa shape index (κ3) is 3.09. The molecule has 0 bridgehead atoms. The van der Waals surface area contributed by atoms with E-state index in [9.17, 15) is 4.79 Å². The Labute approximate surface area is 162 Å². The highest BCUT2D eigenvalue weighted by atomic mass is 16.5. The number of hydrogen-bond acceptors (Lipinski definition) is 6. The fourth-order valence-corrected chi connectivity index (χ4v) is 3.53. The van der Waals surface area contributed by atoms with Crippen molar-refractivity contribution in [2.45, 2.75) is 13.0 Å². The van der Waals surface area contributed by atoms with Crippen molar-refractivity contribution in [1.82, 2.24) is 14.9 Å². The van der Waals surface area contributed by atoms with Crippen LogP contribution in [-0.4, -0.2) is 48.6 Å². The van der Waals surface area contributed by atoms with Crippen molar-refractivity contribution >= 4 is 16.9 Å². The average molecular weight is 379 g/mol. The Morgan fingerprint density at radius 1 is 1.07 bits per heavy atom. The summed E-state index contributed by atoms with van der Waals surface area (Å²) < 4.78 is 16.1. The Morgan fingerprint density at radius 2 is 1.82 bits per heavy atom. The monoisotopic (exact) mass is 379 g/mol. The van der Waals surface area contributed by atoms with E-state index in [1.807, 2.05) is 17.0 Å². The van der Waals surface area contributed by atoms with Gasteiger partial charge in [0.1, 0.15) is 0 Å². The number of aromatic nitrogens is 2. The average Bonchev–Trinajstić information content (AvgIpc) is 2.75. The van der Waals surface area contributed by atoms with E-state index in [0.29, 0.717) is 42.3 Å². The van der Waals surface area contributed by atoms with Crippen LogP contribution in [-0.2, 0) is 13.0 Å². The van der Waals surface area contributed by atoms with Crippen molar-refractivity contribution in [3.8, 4) is 17.2 Å². The molecule has 7 heteroatoms. The van der Waals surface area contributed by atoms with Gasteiger partial charge in [0, 0.05) is 42.4 Å². The number of hydrogen-bond donors (Lipinski definition) is 0. The normalized spacial score (nSPS) is 13.2. The van der Waals surface area contributed by atoms with Crippen LogP contribution in [0.4, 0.5) is 0 Å². The van der Waals surface area contributed by atoms with Gasteiger partial charge in [0.25, 0.3) is 5.91 Å². The minimum atomic E-state index is -0.0869. The first-order valence-electron chi connectivity index (χ1n) is 8.97.